The van der Waals surface area contributed by atoms with Crippen molar-refractivity contribution in [3.63, 3.8) is 0 Å². The fraction of sp³-hybridized carbons (Fsp3) is 0.400. The van der Waals surface area contributed by atoms with Gasteiger partial charge in [-0.05, 0) is 71.7 Å². The van der Waals surface area contributed by atoms with Gasteiger partial charge in [-0.1, -0.05) is 39.0 Å². The molecule has 0 unspecified atom stereocenters. The molecule has 1 fully saturated rings. The average Bonchev–Trinajstić information content (AvgIpc) is 3.06. The summed E-state index contributed by atoms with van der Waals surface area (Å²) in [7, 11) is -1.71. The molecule has 8 heteroatoms. The second-order valence-electron chi connectivity index (χ2n) is 9.54. The lowest BCUT2D eigenvalue weighted by molar-refractivity contribution is -0.115. The van der Waals surface area contributed by atoms with Gasteiger partial charge < -0.3 is 9.16 Å². The van der Waals surface area contributed by atoms with Crippen LogP contribution in [0.2, 0.25) is 18.1 Å². The first-order valence-electron chi connectivity index (χ1n) is 11.1. The molecule has 3 rings (SSSR count). The summed E-state index contributed by atoms with van der Waals surface area (Å²) in [6.07, 6.45) is 5.20. The van der Waals surface area contributed by atoms with Crippen molar-refractivity contribution < 1.29 is 18.8 Å². The number of amides is 2. The third kappa shape index (κ3) is 7.28. The predicted octanol–water partition coefficient (Wildman–Crippen LogP) is 5.59. The Morgan fingerprint density at radius 1 is 1.03 bits per heavy atom. The standard InChI is InChI=1S/C25H32N2O4SSi/c1-25(2,3)33(4,5)31-15-12-19-6-9-20(26-17-19)13-14-30-21-10-7-18(8-11-21)16-22-23(28)27-24(29)32-22/h6-11,16-17H,12-15H2,1-5H3,(H,27,28,29)/b22-16-. The van der Waals surface area contributed by atoms with E-state index in [2.05, 4.69) is 50.2 Å². The molecule has 1 aromatic carbocycles. The van der Waals surface area contributed by atoms with Crippen molar-refractivity contribution in [3.05, 3.63) is 64.3 Å². The number of imide groups is 1. The molecule has 6 nitrogen and oxygen atoms in total. The summed E-state index contributed by atoms with van der Waals surface area (Å²) in [5, 5.41) is 2.13. The summed E-state index contributed by atoms with van der Waals surface area (Å²) in [5.74, 6) is 0.392. The average molecular weight is 485 g/mol. The molecule has 2 amide bonds. The Balaban J connectivity index is 1.42. The number of benzene rings is 1. The van der Waals surface area contributed by atoms with Gasteiger partial charge in [-0.2, -0.15) is 0 Å². The molecule has 1 aliphatic rings. The van der Waals surface area contributed by atoms with Crippen LogP contribution in [0.3, 0.4) is 0 Å². The first-order valence-corrected chi connectivity index (χ1v) is 14.8. The van der Waals surface area contributed by atoms with Gasteiger partial charge in [0, 0.05) is 24.9 Å². The molecule has 2 heterocycles. The maximum atomic E-state index is 11.6. The van der Waals surface area contributed by atoms with Gasteiger partial charge >= 0.3 is 0 Å². The molecule has 0 spiro atoms. The van der Waals surface area contributed by atoms with Crippen LogP contribution < -0.4 is 10.1 Å². The van der Waals surface area contributed by atoms with Crippen molar-refractivity contribution in [2.45, 2.75) is 51.7 Å². The van der Waals surface area contributed by atoms with Crippen molar-refractivity contribution in [1.29, 1.82) is 0 Å². The van der Waals surface area contributed by atoms with Gasteiger partial charge in [-0.25, -0.2) is 0 Å². The number of rotatable bonds is 9. The molecule has 0 radical (unpaired) electrons. The fourth-order valence-electron chi connectivity index (χ4n) is 2.90. The van der Waals surface area contributed by atoms with Gasteiger partial charge in [0.05, 0.1) is 11.5 Å². The van der Waals surface area contributed by atoms with Gasteiger partial charge in [-0.15, -0.1) is 0 Å². The van der Waals surface area contributed by atoms with E-state index in [0.29, 0.717) is 17.9 Å². The highest BCUT2D eigenvalue weighted by Crippen LogP contribution is 2.36. The topological polar surface area (TPSA) is 77.5 Å². The van der Waals surface area contributed by atoms with Gasteiger partial charge in [-0.3, -0.25) is 19.9 Å². The molecular weight excluding hydrogens is 452 g/mol. The number of nitrogens with zero attached hydrogens (tertiary/aromatic N) is 1. The van der Waals surface area contributed by atoms with E-state index in [4.69, 9.17) is 9.16 Å². The number of ether oxygens (including phenoxy) is 1. The Kier molecular flexibility index (Phi) is 8.15. The van der Waals surface area contributed by atoms with E-state index < -0.39 is 8.32 Å². The minimum absolute atomic E-state index is 0.221. The van der Waals surface area contributed by atoms with Crippen LogP contribution in [0.15, 0.2) is 47.5 Å². The number of hydrogen-bond donors (Lipinski definition) is 1. The lowest BCUT2D eigenvalue weighted by Crippen LogP contribution is -2.41. The molecule has 1 saturated heterocycles. The Morgan fingerprint density at radius 2 is 1.76 bits per heavy atom. The van der Waals surface area contributed by atoms with E-state index in [1.165, 1.54) is 5.56 Å². The van der Waals surface area contributed by atoms with Crippen LogP contribution >= 0.6 is 11.8 Å². The minimum Gasteiger partial charge on any atom is -0.493 e. The normalized spacial score (nSPS) is 15.7. The molecule has 33 heavy (non-hydrogen) atoms. The fourth-order valence-corrected chi connectivity index (χ4v) is 4.63. The van der Waals surface area contributed by atoms with E-state index in [-0.39, 0.29) is 16.2 Å². The third-order valence-corrected chi connectivity index (χ3v) is 11.3. The summed E-state index contributed by atoms with van der Waals surface area (Å²) in [6.45, 7) is 12.6. The molecule has 1 aromatic heterocycles. The van der Waals surface area contributed by atoms with E-state index >= 15 is 0 Å². The predicted molar refractivity (Wildman–Crippen MR) is 136 cm³/mol. The highest BCUT2D eigenvalue weighted by atomic mass is 32.2. The zero-order valence-corrected chi connectivity index (χ0v) is 21.8. The van der Waals surface area contributed by atoms with Gasteiger partial charge in [0.15, 0.2) is 8.32 Å². The first kappa shape index (κ1) is 25.2. The Hall–Kier alpha value is -2.42. The summed E-state index contributed by atoms with van der Waals surface area (Å²) in [4.78, 5) is 27.8. The Bertz CT molecular complexity index is 1010. The van der Waals surface area contributed by atoms with Crippen molar-refractivity contribution in [2.24, 2.45) is 0 Å². The zero-order chi connectivity index (χ0) is 24.1. The van der Waals surface area contributed by atoms with Crippen LogP contribution in [0.25, 0.3) is 6.08 Å². The molecule has 0 saturated carbocycles. The Morgan fingerprint density at radius 3 is 2.33 bits per heavy atom. The van der Waals surface area contributed by atoms with Crippen LogP contribution in [0, 0.1) is 0 Å². The number of nitrogens with one attached hydrogen (secondary N) is 1. The molecule has 1 N–H and O–H groups in total. The maximum Gasteiger partial charge on any atom is 0.290 e. The number of carbonyl (C=O) groups is 2. The molecular formula is C25H32N2O4SSi. The van der Waals surface area contributed by atoms with Gasteiger partial charge in [0.25, 0.3) is 11.1 Å². The SMILES string of the molecule is CC(C)(C)[Si](C)(C)OCCc1ccc(CCOc2ccc(/C=C3\SC(=O)NC3=O)cc2)nc1. The minimum atomic E-state index is -1.71. The maximum absolute atomic E-state index is 11.6. The lowest BCUT2D eigenvalue weighted by Gasteiger charge is -2.36. The molecule has 0 aliphatic carbocycles. The van der Waals surface area contributed by atoms with Crippen molar-refractivity contribution in [2.75, 3.05) is 13.2 Å². The molecule has 1 aliphatic heterocycles. The smallest absolute Gasteiger partial charge is 0.290 e. The molecule has 176 valence electrons. The monoisotopic (exact) mass is 484 g/mol. The summed E-state index contributed by atoms with van der Waals surface area (Å²) in [5.41, 5.74) is 3.00. The van der Waals surface area contributed by atoms with Crippen LogP contribution in [0.1, 0.15) is 37.6 Å². The van der Waals surface area contributed by atoms with Crippen LogP contribution in [-0.2, 0) is 22.1 Å². The number of thioether (sulfide) groups is 1. The summed E-state index contributed by atoms with van der Waals surface area (Å²) >= 11 is 0.909. The number of aromatic nitrogens is 1. The largest absolute Gasteiger partial charge is 0.493 e. The first-order chi connectivity index (χ1) is 15.5. The number of hydrogen-bond acceptors (Lipinski definition) is 6. The summed E-state index contributed by atoms with van der Waals surface area (Å²) in [6, 6.07) is 11.6. The highest BCUT2D eigenvalue weighted by Gasteiger charge is 2.36. The number of pyridine rings is 1. The van der Waals surface area contributed by atoms with E-state index in [1.807, 2.05) is 36.5 Å². The van der Waals surface area contributed by atoms with Crippen molar-refractivity contribution in [3.8, 4) is 5.75 Å². The third-order valence-electron chi connectivity index (χ3n) is 5.99. The van der Waals surface area contributed by atoms with Crippen LogP contribution in [-0.4, -0.2) is 37.7 Å². The quantitative estimate of drug-likeness (QED) is 0.369. The van der Waals surface area contributed by atoms with Crippen LogP contribution in [0.4, 0.5) is 4.79 Å². The Labute approximate surface area is 201 Å². The number of carbonyl (C=O) groups excluding carboxylic acids is 2. The van der Waals surface area contributed by atoms with E-state index in [1.54, 1.807) is 6.08 Å². The lowest BCUT2D eigenvalue weighted by atomic mass is 10.2. The van der Waals surface area contributed by atoms with Gasteiger partial charge in [0.1, 0.15) is 5.75 Å². The second kappa shape index (κ2) is 10.7. The van der Waals surface area contributed by atoms with Crippen LogP contribution in [0.5, 0.6) is 5.75 Å². The zero-order valence-electron chi connectivity index (χ0n) is 19.9. The van der Waals surface area contributed by atoms with E-state index in [0.717, 1.165) is 41.8 Å². The molecule has 0 bridgehead atoms. The molecule has 2 aromatic rings. The van der Waals surface area contributed by atoms with Crippen molar-refractivity contribution in [1.82, 2.24) is 10.3 Å². The summed E-state index contributed by atoms with van der Waals surface area (Å²) < 4.78 is 12.1. The highest BCUT2D eigenvalue weighted by molar-refractivity contribution is 8.18. The van der Waals surface area contributed by atoms with Gasteiger partial charge in [0.2, 0.25) is 0 Å². The van der Waals surface area contributed by atoms with E-state index in [9.17, 15) is 9.59 Å². The van der Waals surface area contributed by atoms with Crippen molar-refractivity contribution >= 4 is 37.3 Å². The second-order valence-corrected chi connectivity index (χ2v) is 15.4. The molecule has 0 atom stereocenters.